The number of aromatic nitrogens is 2. The molecule has 0 unspecified atom stereocenters. The molecule has 0 spiro atoms. The maximum absolute atomic E-state index is 11.7. The van der Waals surface area contributed by atoms with Crippen molar-refractivity contribution in [1.29, 1.82) is 0 Å². The molecule has 3 rings (SSSR count). The van der Waals surface area contributed by atoms with Gasteiger partial charge in [-0.1, -0.05) is 29.8 Å². The van der Waals surface area contributed by atoms with Gasteiger partial charge < -0.3 is 19.5 Å². The van der Waals surface area contributed by atoms with E-state index in [1.165, 1.54) is 12.4 Å². The van der Waals surface area contributed by atoms with Crippen LogP contribution < -0.4 is 14.8 Å². The van der Waals surface area contributed by atoms with Crippen molar-refractivity contribution in [3.63, 3.8) is 0 Å². The molecule has 144 valence electrons. The van der Waals surface area contributed by atoms with Crippen molar-refractivity contribution in [3.8, 4) is 11.6 Å². The Balaban J connectivity index is 1.35. The van der Waals surface area contributed by atoms with Gasteiger partial charge in [-0.3, -0.25) is 4.98 Å². The SMILES string of the molecule is O=C(COc1ccc(Nc2ccccc2)cc1)OCCOc1cncc(Cl)n1. The number of para-hydroxylation sites is 1. The van der Waals surface area contributed by atoms with Gasteiger partial charge in [-0.15, -0.1) is 0 Å². The molecule has 0 amide bonds. The highest BCUT2D eigenvalue weighted by atomic mass is 35.5. The lowest BCUT2D eigenvalue weighted by atomic mass is 10.2. The molecule has 0 aliphatic carbocycles. The van der Waals surface area contributed by atoms with E-state index < -0.39 is 5.97 Å². The minimum atomic E-state index is -0.493. The van der Waals surface area contributed by atoms with E-state index in [1.54, 1.807) is 12.1 Å². The quantitative estimate of drug-likeness (QED) is 0.432. The minimum Gasteiger partial charge on any atom is -0.482 e. The monoisotopic (exact) mass is 399 g/mol. The van der Waals surface area contributed by atoms with Crippen LogP contribution in [0.3, 0.4) is 0 Å². The zero-order valence-electron chi connectivity index (χ0n) is 14.9. The standard InChI is InChI=1S/C20H18ClN3O4/c21-18-12-22-13-19(24-18)26-10-11-27-20(25)14-28-17-8-6-16(7-9-17)23-15-4-2-1-3-5-15/h1-9,12-13,23H,10-11,14H2. The fraction of sp³-hybridized carbons (Fsp3) is 0.150. The molecule has 8 heteroatoms. The summed E-state index contributed by atoms with van der Waals surface area (Å²) in [5.41, 5.74) is 1.91. The Morgan fingerprint density at radius 2 is 1.68 bits per heavy atom. The molecule has 0 saturated carbocycles. The van der Waals surface area contributed by atoms with Gasteiger partial charge in [0.2, 0.25) is 5.88 Å². The van der Waals surface area contributed by atoms with Crippen molar-refractivity contribution < 1.29 is 19.0 Å². The number of nitrogens with zero attached hydrogens (tertiary/aromatic N) is 2. The Bertz CT molecular complexity index is 891. The molecule has 28 heavy (non-hydrogen) atoms. The summed E-state index contributed by atoms with van der Waals surface area (Å²) in [6.45, 7) is 0.0133. The predicted octanol–water partition coefficient (Wildman–Crippen LogP) is 3.87. The molecule has 1 N–H and O–H groups in total. The number of benzene rings is 2. The number of hydrogen-bond donors (Lipinski definition) is 1. The second-order valence-corrected chi connectivity index (χ2v) is 5.94. The lowest BCUT2D eigenvalue weighted by molar-refractivity contribution is -0.146. The van der Waals surface area contributed by atoms with Crippen molar-refractivity contribution >= 4 is 28.9 Å². The Hall–Kier alpha value is -3.32. The lowest BCUT2D eigenvalue weighted by Crippen LogP contribution is -2.18. The van der Waals surface area contributed by atoms with E-state index in [0.29, 0.717) is 5.75 Å². The van der Waals surface area contributed by atoms with Crippen LogP contribution in [0.15, 0.2) is 67.0 Å². The van der Waals surface area contributed by atoms with Gasteiger partial charge in [0.25, 0.3) is 0 Å². The van der Waals surface area contributed by atoms with Crippen LogP contribution in [0.2, 0.25) is 5.15 Å². The Labute approximate surface area is 167 Å². The summed E-state index contributed by atoms with van der Waals surface area (Å²) >= 11 is 5.70. The van der Waals surface area contributed by atoms with Gasteiger partial charge in [0.05, 0.1) is 12.4 Å². The maximum atomic E-state index is 11.7. The normalized spacial score (nSPS) is 10.2. The second-order valence-electron chi connectivity index (χ2n) is 5.55. The largest absolute Gasteiger partial charge is 0.482 e. The third-order valence-corrected chi connectivity index (χ3v) is 3.63. The highest BCUT2D eigenvalue weighted by Crippen LogP contribution is 2.19. The van der Waals surface area contributed by atoms with Gasteiger partial charge >= 0.3 is 5.97 Å². The maximum Gasteiger partial charge on any atom is 0.344 e. The summed E-state index contributed by atoms with van der Waals surface area (Å²) in [5, 5.41) is 3.50. The van der Waals surface area contributed by atoms with E-state index in [4.69, 9.17) is 25.8 Å². The summed E-state index contributed by atoms with van der Waals surface area (Å²) in [7, 11) is 0. The molecule has 7 nitrogen and oxygen atoms in total. The van der Waals surface area contributed by atoms with Gasteiger partial charge in [0.1, 0.15) is 19.0 Å². The number of anilines is 2. The molecule has 0 aliphatic heterocycles. The van der Waals surface area contributed by atoms with Crippen LogP contribution in [0.25, 0.3) is 0 Å². The summed E-state index contributed by atoms with van der Waals surface area (Å²) in [6, 6.07) is 17.1. The van der Waals surface area contributed by atoms with Gasteiger partial charge in [-0.25, -0.2) is 4.79 Å². The molecule has 0 aliphatic rings. The van der Waals surface area contributed by atoms with Crippen LogP contribution >= 0.6 is 11.6 Å². The number of halogens is 1. The molecule has 0 fully saturated rings. The summed E-state index contributed by atoms with van der Waals surface area (Å²) < 4.78 is 15.7. The average Bonchev–Trinajstić information content (AvgIpc) is 2.72. The summed E-state index contributed by atoms with van der Waals surface area (Å²) in [6.07, 6.45) is 2.82. The zero-order valence-corrected chi connectivity index (χ0v) is 15.6. The van der Waals surface area contributed by atoms with Gasteiger partial charge in [0.15, 0.2) is 11.8 Å². The van der Waals surface area contributed by atoms with Crippen molar-refractivity contribution in [1.82, 2.24) is 9.97 Å². The first-order chi connectivity index (χ1) is 13.7. The number of rotatable bonds is 9. The van der Waals surface area contributed by atoms with Crippen molar-refractivity contribution in [2.24, 2.45) is 0 Å². The average molecular weight is 400 g/mol. The highest BCUT2D eigenvalue weighted by Gasteiger charge is 2.05. The summed E-state index contributed by atoms with van der Waals surface area (Å²) in [4.78, 5) is 19.5. The molecule has 3 aromatic rings. The zero-order chi connectivity index (χ0) is 19.6. The van der Waals surface area contributed by atoms with Crippen molar-refractivity contribution in [3.05, 3.63) is 72.1 Å². The van der Waals surface area contributed by atoms with Crippen molar-refractivity contribution in [2.75, 3.05) is 25.1 Å². The topological polar surface area (TPSA) is 82.6 Å². The fourth-order valence-corrected chi connectivity index (χ4v) is 2.34. The molecule has 2 aromatic carbocycles. The fourth-order valence-electron chi connectivity index (χ4n) is 2.20. The van der Waals surface area contributed by atoms with Crippen LogP contribution in [-0.2, 0) is 9.53 Å². The predicted molar refractivity (Wildman–Crippen MR) is 105 cm³/mol. The molecule has 1 heterocycles. The number of esters is 1. The molecular formula is C20H18ClN3O4. The van der Waals surface area contributed by atoms with Crippen LogP contribution in [0.5, 0.6) is 11.6 Å². The first kappa shape index (κ1) is 19.4. The number of ether oxygens (including phenoxy) is 3. The highest BCUT2D eigenvalue weighted by molar-refractivity contribution is 6.29. The number of carbonyl (C=O) groups excluding carboxylic acids is 1. The number of carbonyl (C=O) groups is 1. The Morgan fingerprint density at radius 3 is 2.43 bits per heavy atom. The van der Waals surface area contributed by atoms with Crippen LogP contribution in [0.4, 0.5) is 11.4 Å². The molecule has 0 bridgehead atoms. The lowest BCUT2D eigenvalue weighted by Gasteiger charge is -2.09. The van der Waals surface area contributed by atoms with Gasteiger partial charge in [0, 0.05) is 11.4 Å². The summed E-state index contributed by atoms with van der Waals surface area (Å²) in [5.74, 6) is 0.345. The molecule has 0 radical (unpaired) electrons. The van der Waals surface area contributed by atoms with Crippen LogP contribution in [-0.4, -0.2) is 35.8 Å². The van der Waals surface area contributed by atoms with E-state index in [-0.39, 0.29) is 30.9 Å². The third kappa shape index (κ3) is 6.44. The van der Waals surface area contributed by atoms with E-state index in [2.05, 4.69) is 15.3 Å². The minimum absolute atomic E-state index is 0.0658. The van der Waals surface area contributed by atoms with E-state index in [1.807, 2.05) is 42.5 Å². The van der Waals surface area contributed by atoms with Crippen LogP contribution in [0, 0.1) is 0 Å². The molecule has 0 atom stereocenters. The van der Waals surface area contributed by atoms with E-state index in [9.17, 15) is 4.79 Å². The van der Waals surface area contributed by atoms with Gasteiger partial charge in [-0.2, -0.15) is 4.98 Å². The third-order valence-electron chi connectivity index (χ3n) is 3.45. The van der Waals surface area contributed by atoms with Gasteiger partial charge in [-0.05, 0) is 36.4 Å². The second kappa shape index (κ2) is 10.1. The number of hydrogen-bond acceptors (Lipinski definition) is 7. The Morgan fingerprint density at radius 1 is 0.929 bits per heavy atom. The first-order valence-corrected chi connectivity index (χ1v) is 8.88. The van der Waals surface area contributed by atoms with E-state index in [0.717, 1.165) is 11.4 Å². The molecule has 1 aromatic heterocycles. The first-order valence-electron chi connectivity index (χ1n) is 8.50. The van der Waals surface area contributed by atoms with Crippen molar-refractivity contribution in [2.45, 2.75) is 0 Å². The Kier molecular flexibility index (Phi) is 7.03. The molecule has 0 saturated heterocycles. The smallest absolute Gasteiger partial charge is 0.344 e. The van der Waals surface area contributed by atoms with E-state index >= 15 is 0 Å². The number of nitrogens with one attached hydrogen (secondary N) is 1. The molecular weight excluding hydrogens is 382 g/mol. The van der Waals surface area contributed by atoms with Crippen LogP contribution in [0.1, 0.15) is 0 Å².